The maximum Gasteiger partial charge on any atom is 0.125 e. The van der Waals surface area contributed by atoms with Crippen molar-refractivity contribution in [2.75, 3.05) is 5.88 Å². The van der Waals surface area contributed by atoms with Gasteiger partial charge in [-0.2, -0.15) is 0 Å². The summed E-state index contributed by atoms with van der Waals surface area (Å²) in [5.74, 6) is 5.88. The van der Waals surface area contributed by atoms with Crippen LogP contribution in [0.4, 0.5) is 4.39 Å². The molecule has 0 aliphatic heterocycles. The van der Waals surface area contributed by atoms with E-state index in [1.807, 2.05) is 0 Å². The number of hydrogen-bond donors (Lipinski definition) is 0. The smallest absolute Gasteiger partial charge is 0.125 e. The second-order valence-corrected chi connectivity index (χ2v) is 3.69. The first-order valence-electron chi connectivity index (χ1n) is 3.73. The molecule has 68 valence electrons. The maximum absolute atomic E-state index is 12.8. The Kier molecular flexibility index (Phi) is 4.27. The number of alkyl halides is 1. The van der Waals surface area contributed by atoms with Crippen LogP contribution in [0.2, 0.25) is 0 Å². The summed E-state index contributed by atoms with van der Waals surface area (Å²) in [4.78, 5) is 0. The molecule has 1 aromatic carbocycles. The molecule has 0 nitrogen and oxygen atoms in total. The van der Waals surface area contributed by atoms with Gasteiger partial charge in [-0.1, -0.05) is 27.8 Å². The molecule has 0 saturated heterocycles. The lowest BCUT2D eigenvalue weighted by Gasteiger charge is -1.93. The van der Waals surface area contributed by atoms with Gasteiger partial charge >= 0.3 is 0 Å². The molecule has 1 aromatic rings. The minimum Gasteiger partial charge on any atom is -0.207 e. The van der Waals surface area contributed by atoms with Crippen LogP contribution in [-0.4, -0.2) is 5.88 Å². The normalized spacial score (nSPS) is 9.15. The molecule has 0 aliphatic rings. The Hall–Kier alpha value is -0.520. The molecule has 0 bridgehead atoms. The lowest BCUT2D eigenvalue weighted by Crippen LogP contribution is -1.79. The molecule has 0 spiro atoms. The van der Waals surface area contributed by atoms with E-state index in [2.05, 4.69) is 27.8 Å². The summed E-state index contributed by atoms with van der Waals surface area (Å²) >= 11 is 8.63. The fourth-order valence-electron chi connectivity index (χ4n) is 0.838. The van der Waals surface area contributed by atoms with Gasteiger partial charge < -0.3 is 0 Å². The highest BCUT2D eigenvalue weighted by Crippen LogP contribution is 2.13. The van der Waals surface area contributed by atoms with E-state index in [1.165, 1.54) is 12.1 Å². The van der Waals surface area contributed by atoms with Crippen LogP contribution in [0.25, 0.3) is 0 Å². The summed E-state index contributed by atoms with van der Waals surface area (Å²) in [6.07, 6.45) is 0.621. The Morgan fingerprint density at radius 1 is 1.38 bits per heavy atom. The van der Waals surface area contributed by atoms with Crippen molar-refractivity contribution in [2.24, 2.45) is 0 Å². The van der Waals surface area contributed by atoms with Crippen LogP contribution in [0.3, 0.4) is 0 Å². The number of halogens is 3. The first-order valence-corrected chi connectivity index (χ1v) is 5.06. The van der Waals surface area contributed by atoms with Crippen molar-refractivity contribution >= 4 is 27.5 Å². The monoisotopic (exact) mass is 260 g/mol. The van der Waals surface area contributed by atoms with Gasteiger partial charge in [0.2, 0.25) is 0 Å². The summed E-state index contributed by atoms with van der Waals surface area (Å²) in [6.45, 7) is 0. The predicted octanol–water partition coefficient (Wildman–Crippen LogP) is 3.57. The van der Waals surface area contributed by atoms with Crippen LogP contribution in [0.15, 0.2) is 22.7 Å². The number of rotatable bonds is 1. The van der Waals surface area contributed by atoms with Crippen molar-refractivity contribution in [3.05, 3.63) is 34.1 Å². The second-order valence-electron chi connectivity index (χ2n) is 2.40. The standard InChI is InChI=1S/C10H7BrClF/c11-9-5-8(3-1-2-4-12)6-10(13)7-9/h5-7H,2,4H2. The minimum atomic E-state index is -0.287. The molecule has 0 atom stereocenters. The van der Waals surface area contributed by atoms with Crippen LogP contribution in [0.5, 0.6) is 0 Å². The molecular formula is C10H7BrClF. The highest BCUT2D eigenvalue weighted by Gasteiger charge is 1.95. The molecule has 0 saturated carbocycles. The molecule has 3 heteroatoms. The fraction of sp³-hybridized carbons (Fsp3) is 0.200. The molecule has 0 amide bonds. The van der Waals surface area contributed by atoms with Crippen molar-refractivity contribution < 1.29 is 4.39 Å². The van der Waals surface area contributed by atoms with Gasteiger partial charge in [0.15, 0.2) is 0 Å². The van der Waals surface area contributed by atoms with Gasteiger partial charge in [-0.15, -0.1) is 11.6 Å². The average Bonchev–Trinajstić information content (AvgIpc) is 2.03. The summed E-state index contributed by atoms with van der Waals surface area (Å²) in [7, 11) is 0. The summed E-state index contributed by atoms with van der Waals surface area (Å²) < 4.78 is 13.5. The summed E-state index contributed by atoms with van der Waals surface area (Å²) in [5, 5.41) is 0. The van der Waals surface area contributed by atoms with Crippen molar-refractivity contribution in [1.82, 2.24) is 0 Å². The maximum atomic E-state index is 12.8. The van der Waals surface area contributed by atoms with E-state index in [4.69, 9.17) is 11.6 Å². The lowest BCUT2D eigenvalue weighted by atomic mass is 10.2. The van der Waals surface area contributed by atoms with Crippen molar-refractivity contribution in [3.63, 3.8) is 0 Å². The molecule has 0 radical (unpaired) electrons. The third-order valence-electron chi connectivity index (χ3n) is 1.31. The highest BCUT2D eigenvalue weighted by molar-refractivity contribution is 9.10. The van der Waals surface area contributed by atoms with Gasteiger partial charge in [-0.25, -0.2) is 4.39 Å². The predicted molar refractivity (Wildman–Crippen MR) is 56.3 cm³/mol. The van der Waals surface area contributed by atoms with E-state index < -0.39 is 0 Å². The fourth-order valence-corrected chi connectivity index (χ4v) is 1.40. The molecule has 0 N–H and O–H groups in total. The zero-order valence-corrected chi connectivity index (χ0v) is 9.12. The molecule has 0 aromatic heterocycles. The molecule has 1 rings (SSSR count). The van der Waals surface area contributed by atoms with Gasteiger partial charge in [-0.05, 0) is 18.2 Å². The highest BCUT2D eigenvalue weighted by atomic mass is 79.9. The van der Waals surface area contributed by atoms with Crippen molar-refractivity contribution in [1.29, 1.82) is 0 Å². The molecule has 0 heterocycles. The van der Waals surface area contributed by atoms with Crippen LogP contribution in [0.1, 0.15) is 12.0 Å². The Bertz CT molecular complexity index is 331. The third kappa shape index (κ3) is 3.80. The quantitative estimate of drug-likeness (QED) is 0.535. The zero-order valence-electron chi connectivity index (χ0n) is 6.78. The lowest BCUT2D eigenvalue weighted by molar-refractivity contribution is 0.626. The van der Waals surface area contributed by atoms with Crippen LogP contribution < -0.4 is 0 Å². The van der Waals surface area contributed by atoms with Gasteiger partial charge in [-0.3, -0.25) is 0 Å². The Labute approximate surface area is 90.2 Å². The van der Waals surface area contributed by atoms with E-state index in [9.17, 15) is 4.39 Å². The summed E-state index contributed by atoms with van der Waals surface area (Å²) in [5.41, 5.74) is 0.664. The van der Waals surface area contributed by atoms with Crippen LogP contribution in [-0.2, 0) is 0 Å². The Morgan fingerprint density at radius 3 is 2.77 bits per heavy atom. The van der Waals surface area contributed by atoms with Crippen molar-refractivity contribution in [2.45, 2.75) is 6.42 Å². The first-order chi connectivity index (χ1) is 6.22. The Balaban J connectivity index is 2.85. The molecule has 0 unspecified atom stereocenters. The SMILES string of the molecule is Fc1cc(Br)cc(C#CCCCl)c1. The average molecular weight is 262 g/mol. The number of benzene rings is 1. The second kappa shape index (κ2) is 5.26. The van der Waals surface area contributed by atoms with E-state index in [0.717, 1.165) is 0 Å². The topological polar surface area (TPSA) is 0 Å². The van der Waals surface area contributed by atoms with E-state index in [1.54, 1.807) is 6.07 Å². The summed E-state index contributed by atoms with van der Waals surface area (Å²) in [6, 6.07) is 4.56. The zero-order chi connectivity index (χ0) is 9.68. The molecular weight excluding hydrogens is 254 g/mol. The molecule has 13 heavy (non-hydrogen) atoms. The van der Waals surface area contributed by atoms with E-state index in [0.29, 0.717) is 22.3 Å². The van der Waals surface area contributed by atoms with Gasteiger partial charge in [0.1, 0.15) is 5.82 Å². The van der Waals surface area contributed by atoms with E-state index in [-0.39, 0.29) is 5.82 Å². The van der Waals surface area contributed by atoms with E-state index >= 15 is 0 Å². The Morgan fingerprint density at radius 2 is 2.15 bits per heavy atom. The molecule has 0 fully saturated rings. The van der Waals surface area contributed by atoms with Crippen molar-refractivity contribution in [3.8, 4) is 11.8 Å². The molecule has 0 aliphatic carbocycles. The van der Waals surface area contributed by atoms with Crippen LogP contribution >= 0.6 is 27.5 Å². The first kappa shape index (κ1) is 10.6. The van der Waals surface area contributed by atoms with Crippen LogP contribution in [0, 0.1) is 17.7 Å². The van der Waals surface area contributed by atoms with Gasteiger partial charge in [0, 0.05) is 22.3 Å². The van der Waals surface area contributed by atoms with Gasteiger partial charge in [0.05, 0.1) is 0 Å². The van der Waals surface area contributed by atoms with Gasteiger partial charge in [0.25, 0.3) is 0 Å². The minimum absolute atomic E-state index is 0.287. The number of hydrogen-bond acceptors (Lipinski definition) is 0. The third-order valence-corrected chi connectivity index (χ3v) is 1.96. The largest absolute Gasteiger partial charge is 0.207 e.